The summed E-state index contributed by atoms with van der Waals surface area (Å²) in [4.78, 5) is 22.3. The molecule has 0 aliphatic carbocycles. The number of nitrogens with zero attached hydrogens (tertiary/aromatic N) is 3. The number of hydrogen-bond donors (Lipinski definition) is 2. The van der Waals surface area contributed by atoms with Gasteiger partial charge in [-0.15, -0.1) is 0 Å². The van der Waals surface area contributed by atoms with Crippen LogP contribution in [-0.4, -0.2) is 55.1 Å². The van der Waals surface area contributed by atoms with Gasteiger partial charge in [-0.2, -0.15) is 4.98 Å². The quantitative estimate of drug-likeness (QED) is 0.318. The van der Waals surface area contributed by atoms with Crippen molar-refractivity contribution in [1.29, 1.82) is 0 Å². The normalized spacial score (nSPS) is 12.3. The van der Waals surface area contributed by atoms with E-state index in [1.54, 1.807) is 12.1 Å². The van der Waals surface area contributed by atoms with E-state index in [2.05, 4.69) is 9.51 Å². The minimum Gasteiger partial charge on any atom is -0.481 e. The lowest BCUT2D eigenvalue weighted by Gasteiger charge is -2.25. The van der Waals surface area contributed by atoms with Gasteiger partial charge in [0.1, 0.15) is 5.69 Å². The molecule has 0 fully saturated rings. The summed E-state index contributed by atoms with van der Waals surface area (Å²) in [6, 6.07) is 15.3. The molecule has 11 nitrogen and oxygen atoms in total. The Morgan fingerprint density at radius 1 is 1.00 bits per heavy atom. The van der Waals surface area contributed by atoms with Crippen LogP contribution < -0.4 is 13.8 Å². The molecule has 0 spiro atoms. The first-order valence-corrected chi connectivity index (χ1v) is 13.3. The SMILES string of the molecule is COc1ccc(N(CCOP(=O)(O)O)S(=O)(=O)c2ccc3c(c2)c2ccccc2n3C)c(OC)n1. The van der Waals surface area contributed by atoms with E-state index in [4.69, 9.17) is 19.3 Å². The minimum atomic E-state index is -4.82. The maximum absolute atomic E-state index is 13.9. The van der Waals surface area contributed by atoms with E-state index in [0.29, 0.717) is 0 Å². The Morgan fingerprint density at radius 3 is 2.40 bits per heavy atom. The summed E-state index contributed by atoms with van der Waals surface area (Å²) in [6.45, 7) is -0.986. The number of rotatable bonds is 9. The second-order valence-corrected chi connectivity index (χ2v) is 10.6. The molecule has 35 heavy (non-hydrogen) atoms. The Morgan fingerprint density at radius 2 is 1.71 bits per heavy atom. The van der Waals surface area contributed by atoms with Crippen molar-refractivity contribution >= 4 is 45.3 Å². The highest BCUT2D eigenvalue weighted by atomic mass is 32.2. The Bertz CT molecular complexity index is 1550. The molecule has 0 aliphatic rings. The maximum atomic E-state index is 13.9. The van der Waals surface area contributed by atoms with Gasteiger partial charge in [-0.1, -0.05) is 18.2 Å². The van der Waals surface area contributed by atoms with E-state index in [1.165, 1.54) is 32.4 Å². The molecule has 0 saturated carbocycles. The summed E-state index contributed by atoms with van der Waals surface area (Å²) in [5.41, 5.74) is 1.86. The van der Waals surface area contributed by atoms with Crippen LogP contribution in [0.15, 0.2) is 59.5 Å². The van der Waals surface area contributed by atoms with Gasteiger partial charge in [0.05, 0.1) is 32.3 Å². The third kappa shape index (κ3) is 4.84. The predicted octanol–water partition coefficient (Wildman–Crippen LogP) is 3.05. The van der Waals surface area contributed by atoms with E-state index in [0.717, 1.165) is 26.1 Å². The number of pyridine rings is 1. The number of phosphoric ester groups is 1. The molecule has 0 unspecified atom stereocenters. The number of anilines is 1. The molecule has 2 aromatic carbocycles. The van der Waals surface area contributed by atoms with Crippen molar-refractivity contribution in [2.75, 3.05) is 31.7 Å². The van der Waals surface area contributed by atoms with E-state index < -0.39 is 31.0 Å². The summed E-state index contributed by atoms with van der Waals surface area (Å²) >= 11 is 0. The third-order valence-corrected chi connectivity index (χ3v) is 7.84. The largest absolute Gasteiger partial charge is 0.481 e. The Hall–Kier alpha value is -3.15. The standard InChI is InChI=1S/C22H24N3O8PS/c1-24-18-7-5-4-6-16(18)17-14-15(8-9-19(17)24)35(29,30)25(12-13-33-34(26,27)28)20-10-11-21(31-2)23-22(20)32-3/h4-11,14H,12-13H2,1-3H3,(H2,26,27,28). The number of methoxy groups -OCH3 is 2. The number of aryl methyl sites for hydroxylation is 1. The number of fused-ring (bicyclic) bond motifs is 3. The highest BCUT2D eigenvalue weighted by Gasteiger charge is 2.30. The van der Waals surface area contributed by atoms with Crippen LogP contribution in [0.4, 0.5) is 5.69 Å². The van der Waals surface area contributed by atoms with Crippen molar-refractivity contribution in [2.24, 2.45) is 7.05 Å². The van der Waals surface area contributed by atoms with Crippen LogP contribution in [0.1, 0.15) is 0 Å². The number of ether oxygens (including phenoxy) is 2. The number of aromatic nitrogens is 2. The molecule has 0 amide bonds. The molecule has 13 heteroatoms. The first kappa shape index (κ1) is 25.0. The first-order chi connectivity index (χ1) is 16.6. The van der Waals surface area contributed by atoms with Crippen molar-refractivity contribution in [3.8, 4) is 11.8 Å². The van der Waals surface area contributed by atoms with Gasteiger partial charge in [0.2, 0.25) is 11.8 Å². The van der Waals surface area contributed by atoms with Crippen molar-refractivity contribution in [2.45, 2.75) is 4.90 Å². The second-order valence-electron chi connectivity index (χ2n) is 7.54. The maximum Gasteiger partial charge on any atom is 0.469 e. The van der Waals surface area contributed by atoms with Crippen LogP contribution in [-0.2, 0) is 26.2 Å². The van der Waals surface area contributed by atoms with Crippen molar-refractivity contribution in [3.05, 3.63) is 54.6 Å². The van der Waals surface area contributed by atoms with E-state index in [-0.39, 0.29) is 22.3 Å². The first-order valence-electron chi connectivity index (χ1n) is 10.4. The zero-order valence-electron chi connectivity index (χ0n) is 19.2. The number of hydrogen-bond acceptors (Lipinski definition) is 7. The van der Waals surface area contributed by atoms with Gasteiger partial charge >= 0.3 is 7.82 Å². The molecule has 0 radical (unpaired) electrons. The fourth-order valence-electron chi connectivity index (χ4n) is 3.92. The summed E-state index contributed by atoms with van der Waals surface area (Å²) in [6.07, 6.45) is 0. The van der Waals surface area contributed by atoms with Crippen molar-refractivity contribution in [3.63, 3.8) is 0 Å². The average Bonchev–Trinajstić information content (AvgIpc) is 3.12. The molecule has 4 aromatic rings. The molecule has 186 valence electrons. The van der Waals surface area contributed by atoms with Crippen LogP contribution in [0.2, 0.25) is 0 Å². The number of phosphoric acid groups is 1. The van der Waals surface area contributed by atoms with Crippen LogP contribution >= 0.6 is 7.82 Å². The van der Waals surface area contributed by atoms with Crippen LogP contribution in [0.5, 0.6) is 11.8 Å². The van der Waals surface area contributed by atoms with E-state index in [1.807, 2.05) is 35.9 Å². The van der Waals surface area contributed by atoms with Crippen LogP contribution in [0.25, 0.3) is 21.8 Å². The molecular formula is C22H24N3O8PS. The van der Waals surface area contributed by atoms with Gasteiger partial charge in [-0.3, -0.25) is 8.83 Å². The summed E-state index contributed by atoms with van der Waals surface area (Å²) < 4.78 is 56.7. The third-order valence-electron chi connectivity index (χ3n) is 5.51. The molecule has 2 N–H and O–H groups in total. The molecule has 0 aliphatic heterocycles. The molecule has 2 heterocycles. The lowest BCUT2D eigenvalue weighted by Crippen LogP contribution is -2.34. The zero-order chi connectivity index (χ0) is 25.4. The van der Waals surface area contributed by atoms with Crippen molar-refractivity contribution < 1.29 is 36.8 Å². The molecule has 0 atom stereocenters. The van der Waals surface area contributed by atoms with Gasteiger partial charge in [0.15, 0.2) is 0 Å². The fourth-order valence-corrected chi connectivity index (χ4v) is 5.71. The van der Waals surface area contributed by atoms with Gasteiger partial charge in [0.25, 0.3) is 10.0 Å². The van der Waals surface area contributed by atoms with Gasteiger partial charge in [-0.05, 0) is 30.3 Å². The molecule has 4 rings (SSSR count). The Balaban J connectivity index is 1.85. The predicted molar refractivity (Wildman–Crippen MR) is 130 cm³/mol. The van der Waals surface area contributed by atoms with Crippen LogP contribution in [0, 0.1) is 0 Å². The minimum absolute atomic E-state index is 0.0181. The highest BCUT2D eigenvalue weighted by molar-refractivity contribution is 7.92. The summed E-state index contributed by atoms with van der Waals surface area (Å²) in [5, 5.41) is 1.64. The van der Waals surface area contributed by atoms with Crippen molar-refractivity contribution in [1.82, 2.24) is 9.55 Å². The molecule has 0 saturated heterocycles. The summed E-state index contributed by atoms with van der Waals surface area (Å²) in [7, 11) is -4.43. The average molecular weight is 521 g/mol. The molecule has 2 aromatic heterocycles. The number of sulfonamides is 1. The van der Waals surface area contributed by atoms with E-state index >= 15 is 0 Å². The lowest BCUT2D eigenvalue weighted by atomic mass is 10.1. The fraction of sp³-hybridized carbons (Fsp3) is 0.227. The van der Waals surface area contributed by atoms with Gasteiger partial charge < -0.3 is 23.8 Å². The monoisotopic (exact) mass is 521 g/mol. The second kappa shape index (κ2) is 9.48. The number of para-hydroxylation sites is 1. The van der Waals surface area contributed by atoms with Crippen LogP contribution in [0.3, 0.4) is 0 Å². The topological polar surface area (TPSA) is 140 Å². The Kier molecular flexibility index (Phi) is 6.76. The zero-order valence-corrected chi connectivity index (χ0v) is 20.9. The smallest absolute Gasteiger partial charge is 0.469 e. The molecular weight excluding hydrogens is 497 g/mol. The van der Waals surface area contributed by atoms with Gasteiger partial charge in [0, 0.05) is 34.9 Å². The summed E-state index contributed by atoms with van der Waals surface area (Å²) in [5.74, 6) is 0.155. The lowest BCUT2D eigenvalue weighted by molar-refractivity contribution is 0.202. The molecule has 0 bridgehead atoms. The van der Waals surface area contributed by atoms with E-state index in [9.17, 15) is 13.0 Å². The Labute approximate surface area is 201 Å². The number of benzene rings is 2. The highest BCUT2D eigenvalue weighted by Crippen LogP contribution is 2.38. The van der Waals surface area contributed by atoms with Gasteiger partial charge in [-0.25, -0.2) is 13.0 Å².